The number of carbonyl (C=O) groups is 1. The molecular formula is C21H20N4O3S. The highest BCUT2D eigenvalue weighted by molar-refractivity contribution is 7.98. The molecule has 0 N–H and O–H groups in total. The van der Waals surface area contributed by atoms with Crippen molar-refractivity contribution >= 4 is 23.4 Å². The standard InChI is InChI=1S/C21H20N4O3S/c1-4-17(26)25-16-11-6-5-10-15(16)18-19(22-21(29-3)24-23-18)28-20(25)13-8-7-9-14(12-13)27-2/h5-12,20H,4H2,1-3H3. The van der Waals surface area contributed by atoms with Crippen LogP contribution < -0.4 is 14.4 Å². The molecule has 0 saturated carbocycles. The van der Waals surface area contributed by atoms with Gasteiger partial charge in [0.05, 0.1) is 12.8 Å². The van der Waals surface area contributed by atoms with E-state index in [1.54, 1.807) is 12.0 Å². The average molecular weight is 408 g/mol. The van der Waals surface area contributed by atoms with E-state index in [4.69, 9.17) is 9.47 Å². The van der Waals surface area contributed by atoms with Gasteiger partial charge in [0.15, 0.2) is 5.69 Å². The smallest absolute Gasteiger partial charge is 0.247 e. The van der Waals surface area contributed by atoms with Crippen molar-refractivity contribution in [1.29, 1.82) is 0 Å². The Morgan fingerprint density at radius 3 is 2.79 bits per heavy atom. The number of anilines is 1. The number of ether oxygens (including phenoxy) is 2. The van der Waals surface area contributed by atoms with E-state index in [1.807, 2.05) is 61.7 Å². The van der Waals surface area contributed by atoms with E-state index >= 15 is 0 Å². The van der Waals surface area contributed by atoms with Crippen LogP contribution in [-0.4, -0.2) is 34.5 Å². The van der Waals surface area contributed by atoms with Crippen molar-refractivity contribution in [2.24, 2.45) is 0 Å². The number of benzene rings is 2. The van der Waals surface area contributed by atoms with E-state index in [-0.39, 0.29) is 5.91 Å². The molecule has 7 nitrogen and oxygen atoms in total. The van der Waals surface area contributed by atoms with Gasteiger partial charge >= 0.3 is 0 Å². The molecule has 1 aromatic heterocycles. The first-order valence-corrected chi connectivity index (χ1v) is 10.4. The van der Waals surface area contributed by atoms with E-state index in [1.165, 1.54) is 11.8 Å². The number of para-hydroxylation sites is 1. The molecule has 0 fully saturated rings. The summed E-state index contributed by atoms with van der Waals surface area (Å²) in [5, 5.41) is 9.02. The van der Waals surface area contributed by atoms with Crippen molar-refractivity contribution in [1.82, 2.24) is 15.2 Å². The number of hydrogen-bond donors (Lipinski definition) is 0. The number of hydrogen-bond acceptors (Lipinski definition) is 7. The summed E-state index contributed by atoms with van der Waals surface area (Å²) in [5.74, 6) is 0.950. The fraction of sp³-hybridized carbons (Fsp3) is 0.238. The third-order valence-electron chi connectivity index (χ3n) is 4.64. The molecule has 0 spiro atoms. The van der Waals surface area contributed by atoms with Crippen molar-refractivity contribution in [2.45, 2.75) is 24.7 Å². The first-order valence-electron chi connectivity index (χ1n) is 9.17. The van der Waals surface area contributed by atoms with Gasteiger partial charge in [0.2, 0.25) is 23.2 Å². The lowest BCUT2D eigenvalue weighted by atomic mass is 10.1. The van der Waals surface area contributed by atoms with Crippen LogP contribution in [0.5, 0.6) is 11.6 Å². The molecule has 3 aromatic rings. The van der Waals surface area contributed by atoms with E-state index < -0.39 is 6.23 Å². The molecule has 1 atom stereocenters. The highest BCUT2D eigenvalue weighted by atomic mass is 32.2. The molecule has 0 aliphatic carbocycles. The molecule has 4 rings (SSSR count). The van der Waals surface area contributed by atoms with Gasteiger partial charge in [0.25, 0.3) is 0 Å². The zero-order valence-corrected chi connectivity index (χ0v) is 17.1. The quantitative estimate of drug-likeness (QED) is 0.601. The molecule has 1 aliphatic rings. The largest absolute Gasteiger partial charge is 0.497 e. The second kappa shape index (κ2) is 8.08. The van der Waals surface area contributed by atoms with Crippen LogP contribution >= 0.6 is 11.8 Å². The molecule has 8 heteroatoms. The minimum atomic E-state index is -0.716. The maximum Gasteiger partial charge on any atom is 0.247 e. The van der Waals surface area contributed by atoms with Crippen LogP contribution in [0.25, 0.3) is 11.3 Å². The van der Waals surface area contributed by atoms with Gasteiger partial charge < -0.3 is 9.47 Å². The second-order valence-corrected chi connectivity index (χ2v) is 7.11. The Balaban J connectivity index is 1.97. The summed E-state index contributed by atoms with van der Waals surface area (Å²) < 4.78 is 11.7. The minimum Gasteiger partial charge on any atom is -0.497 e. The zero-order chi connectivity index (χ0) is 20.4. The van der Waals surface area contributed by atoms with Gasteiger partial charge in [-0.1, -0.05) is 49.0 Å². The minimum absolute atomic E-state index is 0.0730. The van der Waals surface area contributed by atoms with Gasteiger partial charge in [0.1, 0.15) is 5.75 Å². The second-order valence-electron chi connectivity index (χ2n) is 6.33. The fourth-order valence-electron chi connectivity index (χ4n) is 3.25. The average Bonchev–Trinajstić information content (AvgIpc) is 2.92. The monoisotopic (exact) mass is 408 g/mol. The Hall–Kier alpha value is -3.13. The Kier molecular flexibility index (Phi) is 5.35. The van der Waals surface area contributed by atoms with Gasteiger partial charge in [-0.3, -0.25) is 9.69 Å². The number of methoxy groups -OCH3 is 1. The third-order valence-corrected chi connectivity index (χ3v) is 5.18. The molecular weight excluding hydrogens is 388 g/mol. The van der Waals surface area contributed by atoms with Crippen molar-refractivity contribution < 1.29 is 14.3 Å². The maximum absolute atomic E-state index is 13.0. The molecule has 0 bridgehead atoms. The summed E-state index contributed by atoms with van der Waals surface area (Å²) in [6, 6.07) is 15.1. The predicted molar refractivity (Wildman–Crippen MR) is 111 cm³/mol. The number of aromatic nitrogens is 3. The number of rotatable bonds is 4. The van der Waals surface area contributed by atoms with Gasteiger partial charge in [-0.25, -0.2) is 0 Å². The van der Waals surface area contributed by atoms with E-state index in [0.717, 1.165) is 11.1 Å². The molecule has 2 aromatic carbocycles. The topological polar surface area (TPSA) is 77.4 Å². The highest BCUT2D eigenvalue weighted by Gasteiger charge is 2.35. The summed E-state index contributed by atoms with van der Waals surface area (Å²) in [7, 11) is 1.61. The van der Waals surface area contributed by atoms with Crippen molar-refractivity contribution in [2.75, 3.05) is 18.3 Å². The summed E-state index contributed by atoms with van der Waals surface area (Å²) >= 11 is 1.38. The lowest BCUT2D eigenvalue weighted by molar-refractivity contribution is -0.120. The Morgan fingerprint density at radius 1 is 1.21 bits per heavy atom. The molecule has 1 unspecified atom stereocenters. The Bertz CT molecular complexity index is 1060. The Labute approximate surface area is 173 Å². The van der Waals surface area contributed by atoms with Crippen molar-refractivity contribution in [3.05, 3.63) is 54.1 Å². The zero-order valence-electron chi connectivity index (χ0n) is 16.3. The van der Waals surface area contributed by atoms with Crippen LogP contribution in [0.15, 0.2) is 53.7 Å². The van der Waals surface area contributed by atoms with E-state index in [9.17, 15) is 4.79 Å². The predicted octanol–water partition coefficient (Wildman–Crippen LogP) is 4.10. The molecule has 0 saturated heterocycles. The summed E-state index contributed by atoms with van der Waals surface area (Å²) in [4.78, 5) is 19.2. The first kappa shape index (κ1) is 19.2. The fourth-order valence-corrected chi connectivity index (χ4v) is 3.55. The van der Waals surface area contributed by atoms with Crippen LogP contribution in [0.2, 0.25) is 0 Å². The lowest BCUT2D eigenvalue weighted by Gasteiger charge is -2.30. The van der Waals surface area contributed by atoms with E-state index in [0.29, 0.717) is 34.6 Å². The third kappa shape index (κ3) is 3.51. The van der Waals surface area contributed by atoms with Crippen molar-refractivity contribution in [3.63, 3.8) is 0 Å². The number of nitrogens with zero attached hydrogens (tertiary/aromatic N) is 4. The van der Waals surface area contributed by atoms with Gasteiger partial charge in [-0.2, -0.15) is 4.98 Å². The molecule has 1 amide bonds. The van der Waals surface area contributed by atoms with Crippen LogP contribution in [0.1, 0.15) is 25.1 Å². The summed E-state index contributed by atoms with van der Waals surface area (Å²) in [5.41, 5.74) is 2.75. The molecule has 1 aliphatic heterocycles. The number of amides is 1. The number of thioether (sulfide) groups is 1. The Morgan fingerprint density at radius 2 is 2.03 bits per heavy atom. The van der Waals surface area contributed by atoms with Crippen LogP contribution in [0, 0.1) is 0 Å². The lowest BCUT2D eigenvalue weighted by Crippen LogP contribution is -2.37. The number of carbonyl (C=O) groups excluding carboxylic acids is 1. The first-order chi connectivity index (χ1) is 14.2. The van der Waals surface area contributed by atoms with Gasteiger partial charge in [-0.05, 0) is 24.5 Å². The molecule has 2 heterocycles. The van der Waals surface area contributed by atoms with Gasteiger partial charge in [0, 0.05) is 17.5 Å². The van der Waals surface area contributed by atoms with E-state index in [2.05, 4.69) is 15.2 Å². The summed E-state index contributed by atoms with van der Waals surface area (Å²) in [6.07, 6.45) is 1.48. The van der Waals surface area contributed by atoms with Crippen LogP contribution in [0.3, 0.4) is 0 Å². The normalized spacial score (nSPS) is 15.0. The molecule has 148 valence electrons. The highest BCUT2D eigenvalue weighted by Crippen LogP contribution is 2.43. The summed E-state index contributed by atoms with van der Waals surface area (Å²) in [6.45, 7) is 1.83. The van der Waals surface area contributed by atoms with Gasteiger partial charge in [-0.15, -0.1) is 10.2 Å². The van der Waals surface area contributed by atoms with Crippen LogP contribution in [0.4, 0.5) is 5.69 Å². The van der Waals surface area contributed by atoms with Crippen molar-refractivity contribution in [3.8, 4) is 22.9 Å². The SMILES string of the molecule is CCC(=O)N1c2ccccc2-c2nnc(SC)nc2OC1c1cccc(OC)c1. The maximum atomic E-state index is 13.0. The number of fused-ring (bicyclic) bond motifs is 3. The van der Waals surface area contributed by atoms with Crippen LogP contribution in [-0.2, 0) is 4.79 Å². The molecule has 0 radical (unpaired) electrons. The molecule has 29 heavy (non-hydrogen) atoms.